The molecule has 9 nitrogen and oxygen atoms in total. The number of benzene rings is 2. The fourth-order valence-corrected chi connectivity index (χ4v) is 7.18. The second-order valence-corrected chi connectivity index (χ2v) is 12.5. The number of ketones is 1. The first-order chi connectivity index (χ1) is 21.3. The van der Waals surface area contributed by atoms with E-state index >= 15 is 0 Å². The van der Waals surface area contributed by atoms with E-state index in [2.05, 4.69) is 23.9 Å². The predicted molar refractivity (Wildman–Crippen MR) is 153 cm³/mol. The lowest BCUT2D eigenvalue weighted by atomic mass is 9.58. The van der Waals surface area contributed by atoms with Gasteiger partial charge >= 0.3 is 6.36 Å². The molecule has 4 aliphatic heterocycles. The first-order valence-electron chi connectivity index (χ1n) is 15.2. The third-order valence-corrected chi connectivity index (χ3v) is 9.51. The highest BCUT2D eigenvalue weighted by molar-refractivity contribution is 6.06. The van der Waals surface area contributed by atoms with Crippen LogP contribution in [0.3, 0.4) is 0 Å². The summed E-state index contributed by atoms with van der Waals surface area (Å²) in [6, 6.07) is 11.4. The molecule has 0 aromatic heterocycles. The number of hydrogen-bond acceptors (Lipinski definition) is 8. The van der Waals surface area contributed by atoms with Crippen LogP contribution < -0.4 is 14.8 Å². The summed E-state index contributed by atoms with van der Waals surface area (Å²) in [5, 5.41) is 2.96. The third kappa shape index (κ3) is 6.46. The van der Waals surface area contributed by atoms with Gasteiger partial charge in [0.2, 0.25) is 5.79 Å². The summed E-state index contributed by atoms with van der Waals surface area (Å²) in [6.45, 7) is 5.90. The first-order valence-corrected chi connectivity index (χ1v) is 15.2. The maximum atomic E-state index is 12.9. The Morgan fingerprint density at radius 2 is 1.69 bits per heavy atom. The van der Waals surface area contributed by atoms with Crippen LogP contribution in [-0.4, -0.2) is 48.6 Å². The predicted octanol–water partition coefficient (Wildman–Crippen LogP) is 6.18. The van der Waals surface area contributed by atoms with Crippen LogP contribution in [0.2, 0.25) is 0 Å². The molecule has 0 unspecified atom stereocenters. The van der Waals surface area contributed by atoms with Crippen molar-refractivity contribution in [2.24, 2.45) is 23.7 Å². The second-order valence-electron chi connectivity index (χ2n) is 12.5. The number of ether oxygens (including phenoxy) is 4. The highest BCUT2D eigenvalue weighted by Crippen LogP contribution is 2.60. The Balaban J connectivity index is 1.02. The molecule has 242 valence electrons. The number of allylic oxidation sites excluding steroid dienone is 1. The Morgan fingerprint density at radius 1 is 0.978 bits per heavy atom. The van der Waals surface area contributed by atoms with Gasteiger partial charge in [-0.3, -0.25) is 9.59 Å². The largest absolute Gasteiger partial charge is 0.573 e. The van der Waals surface area contributed by atoms with Gasteiger partial charge in [0.1, 0.15) is 17.7 Å². The van der Waals surface area contributed by atoms with Crippen molar-refractivity contribution in [3.8, 4) is 11.5 Å². The molecular formula is C33H36F3NO8. The van der Waals surface area contributed by atoms with Gasteiger partial charge in [-0.2, -0.15) is 0 Å². The summed E-state index contributed by atoms with van der Waals surface area (Å²) < 4.78 is 59.2. The van der Waals surface area contributed by atoms with Crippen LogP contribution in [0.5, 0.6) is 11.5 Å². The molecule has 7 rings (SSSR count). The highest BCUT2D eigenvalue weighted by Gasteiger charge is 2.69. The minimum absolute atomic E-state index is 0.0561. The Hall–Kier alpha value is -3.45. The maximum absolute atomic E-state index is 12.9. The second kappa shape index (κ2) is 12.1. The molecular weight excluding hydrogens is 595 g/mol. The number of halogens is 3. The van der Waals surface area contributed by atoms with Crippen LogP contribution in [0.25, 0.3) is 6.08 Å². The van der Waals surface area contributed by atoms with Gasteiger partial charge in [-0.1, -0.05) is 32.1 Å². The Kier molecular flexibility index (Phi) is 8.44. The zero-order valence-electron chi connectivity index (χ0n) is 25.2. The molecule has 1 N–H and O–H groups in total. The molecule has 1 spiro atoms. The molecule has 1 amide bonds. The van der Waals surface area contributed by atoms with Gasteiger partial charge in [0.05, 0.1) is 0 Å². The van der Waals surface area contributed by atoms with Crippen molar-refractivity contribution in [3.63, 3.8) is 0 Å². The van der Waals surface area contributed by atoms with Gasteiger partial charge in [0.15, 0.2) is 24.3 Å². The van der Waals surface area contributed by atoms with Crippen LogP contribution in [0.4, 0.5) is 13.2 Å². The molecule has 12 heteroatoms. The number of amides is 1. The molecule has 1 aliphatic carbocycles. The number of carbonyl (C=O) groups excluding carboxylic acids is 2. The molecule has 1 saturated carbocycles. The molecule has 4 heterocycles. The number of alkyl halides is 3. The summed E-state index contributed by atoms with van der Waals surface area (Å²) in [7, 11) is 0. The Labute approximate surface area is 258 Å². The zero-order valence-corrected chi connectivity index (χ0v) is 25.2. The van der Waals surface area contributed by atoms with Crippen LogP contribution in [0, 0.1) is 23.7 Å². The molecule has 2 aromatic rings. The minimum atomic E-state index is -4.77. The normalized spacial score (nSPS) is 34.1. The van der Waals surface area contributed by atoms with E-state index in [4.69, 9.17) is 24.0 Å². The fraction of sp³-hybridized carbons (Fsp3) is 0.515. The van der Waals surface area contributed by atoms with E-state index in [1.54, 1.807) is 24.3 Å². The summed E-state index contributed by atoms with van der Waals surface area (Å²) in [6.07, 6.45) is 0.361. The van der Waals surface area contributed by atoms with Crippen LogP contribution in [-0.2, 0) is 24.0 Å². The highest BCUT2D eigenvalue weighted by atomic mass is 19.4. The van der Waals surface area contributed by atoms with Crippen molar-refractivity contribution in [3.05, 3.63) is 65.7 Å². The monoisotopic (exact) mass is 631 g/mol. The molecule has 4 saturated heterocycles. The van der Waals surface area contributed by atoms with Crippen molar-refractivity contribution in [2.45, 2.75) is 76.7 Å². The number of fused-ring (bicyclic) bond motifs is 2. The number of carbonyl (C=O) groups is 2. The minimum Gasteiger partial charge on any atom is -0.484 e. The molecule has 2 aromatic carbocycles. The van der Waals surface area contributed by atoms with Crippen molar-refractivity contribution in [1.82, 2.24) is 5.32 Å². The van der Waals surface area contributed by atoms with Crippen LogP contribution in [0.15, 0.2) is 54.6 Å². The van der Waals surface area contributed by atoms with Gasteiger partial charge in [-0.25, -0.2) is 9.78 Å². The van der Waals surface area contributed by atoms with Crippen LogP contribution in [0.1, 0.15) is 62.4 Å². The maximum Gasteiger partial charge on any atom is 0.573 e. The summed E-state index contributed by atoms with van der Waals surface area (Å²) >= 11 is 0. The van der Waals surface area contributed by atoms with Crippen molar-refractivity contribution < 1.29 is 51.5 Å². The first kappa shape index (κ1) is 31.5. The Morgan fingerprint density at radius 3 is 2.40 bits per heavy atom. The molecule has 2 bridgehead atoms. The standard InChI is InChI=1S/C33H36F3NO8/c1-19-4-14-26-20(2)29(41-30-32(26)25(19)16-17-31(3,43-30)44-45-32)37-28(39)18-40-23-12-8-22(9-13-23)27(38)15-7-21-5-10-24(11-6-21)42-33(34,35)36/h5-13,15,19-20,25-26,29-30H,4,14,16-18H2,1-3H3,(H,37,39)/b15-7+/t19-,20-,25+,26+,29+,30-,31-,32-/m1/s1. The van der Waals surface area contributed by atoms with E-state index in [0.29, 0.717) is 29.2 Å². The average Bonchev–Trinajstić information content (AvgIpc) is 3.23. The molecule has 8 atom stereocenters. The zero-order chi connectivity index (χ0) is 32.0. The third-order valence-electron chi connectivity index (χ3n) is 9.51. The fourth-order valence-electron chi connectivity index (χ4n) is 7.18. The van der Waals surface area contributed by atoms with E-state index in [9.17, 15) is 22.8 Å². The van der Waals surface area contributed by atoms with Gasteiger partial charge in [0, 0.05) is 23.8 Å². The molecule has 5 aliphatic rings. The number of nitrogens with one attached hydrogen (secondary N) is 1. The van der Waals surface area contributed by atoms with E-state index < -0.39 is 30.3 Å². The average molecular weight is 632 g/mol. The van der Waals surface area contributed by atoms with Gasteiger partial charge in [-0.15, -0.1) is 13.2 Å². The smallest absolute Gasteiger partial charge is 0.484 e. The quantitative estimate of drug-likeness (QED) is 0.209. The lowest BCUT2D eigenvalue weighted by Gasteiger charge is -2.60. The van der Waals surface area contributed by atoms with Gasteiger partial charge in [-0.05, 0) is 86.1 Å². The topological polar surface area (TPSA) is 102 Å². The van der Waals surface area contributed by atoms with Gasteiger partial charge in [0.25, 0.3) is 5.91 Å². The van der Waals surface area contributed by atoms with Crippen molar-refractivity contribution >= 4 is 17.8 Å². The molecule has 0 radical (unpaired) electrons. The lowest BCUT2D eigenvalue weighted by Crippen LogP contribution is -2.72. The summed E-state index contributed by atoms with van der Waals surface area (Å²) in [5.41, 5.74) is 0.187. The van der Waals surface area contributed by atoms with Crippen molar-refractivity contribution in [1.29, 1.82) is 0 Å². The Bertz CT molecular complexity index is 1430. The van der Waals surface area contributed by atoms with Crippen LogP contribution >= 0.6 is 0 Å². The molecule has 5 fully saturated rings. The number of hydrogen-bond donors (Lipinski definition) is 1. The van der Waals surface area contributed by atoms with E-state index in [1.165, 1.54) is 36.4 Å². The van der Waals surface area contributed by atoms with Crippen molar-refractivity contribution in [2.75, 3.05) is 6.61 Å². The van der Waals surface area contributed by atoms with E-state index in [0.717, 1.165) is 19.3 Å². The SMILES string of the molecule is C[C@H]1[C@@H](NC(=O)COc2ccc(C(=O)/C=C/c3ccc(OC(F)(F)F)cc3)cc2)O[C@@H]2O[C@@]3(C)CC[C@H]4[C@H](C)CC[C@@H]1[C@@]24OO3. The molecule has 45 heavy (non-hydrogen) atoms. The lowest BCUT2D eigenvalue weighted by molar-refractivity contribution is -0.571. The van der Waals surface area contributed by atoms with Gasteiger partial charge < -0.3 is 24.3 Å². The number of rotatable bonds is 8. The van der Waals surface area contributed by atoms with E-state index in [1.807, 2.05) is 6.92 Å². The summed E-state index contributed by atoms with van der Waals surface area (Å²) in [4.78, 5) is 37.5. The van der Waals surface area contributed by atoms with E-state index in [-0.39, 0.29) is 41.8 Å². The summed E-state index contributed by atoms with van der Waals surface area (Å²) in [5.74, 6) is -0.838.